The normalized spacial score (nSPS) is 19.5. The Morgan fingerprint density at radius 2 is 1.94 bits per heavy atom. The Labute approximate surface area is 202 Å². The molecule has 0 aromatic heterocycles. The van der Waals surface area contributed by atoms with Crippen molar-refractivity contribution in [1.29, 1.82) is 5.41 Å². The highest BCUT2D eigenvalue weighted by Gasteiger charge is 2.42. The van der Waals surface area contributed by atoms with Crippen LogP contribution in [0.3, 0.4) is 0 Å². The summed E-state index contributed by atoms with van der Waals surface area (Å²) in [6.07, 6.45) is -3.11. The number of aliphatic hydroxyl groups excluding tert-OH is 1. The lowest BCUT2D eigenvalue weighted by molar-refractivity contribution is -0.150. The average Bonchev–Trinajstić information content (AvgIpc) is 3.01. The Kier molecular flexibility index (Phi) is 6.97. The molecule has 2 atom stereocenters. The van der Waals surface area contributed by atoms with Gasteiger partial charge in [0, 0.05) is 29.2 Å². The molecule has 1 saturated heterocycles. The van der Waals surface area contributed by atoms with E-state index < -0.39 is 29.4 Å². The maximum atomic E-state index is 13.1. The minimum atomic E-state index is -1.73. The smallest absolute Gasteiger partial charge is 0.259 e. The molecule has 3 amide bonds. The van der Waals surface area contributed by atoms with E-state index in [1.807, 2.05) is 0 Å². The van der Waals surface area contributed by atoms with E-state index in [1.165, 1.54) is 4.90 Å². The number of nitrogens with zero attached hydrogens (tertiary/aromatic N) is 1. The molecule has 6 N–H and O–H groups in total. The number of hydrogen-bond donors (Lipinski definition) is 5. The summed E-state index contributed by atoms with van der Waals surface area (Å²) in [4.78, 5) is 39.3. The number of nitrogen functional groups attached to an aromatic ring is 1. The molecule has 180 valence electrons. The van der Waals surface area contributed by atoms with Crippen molar-refractivity contribution in [1.82, 2.24) is 0 Å². The highest BCUT2D eigenvalue weighted by Crippen LogP contribution is 2.39. The summed E-state index contributed by atoms with van der Waals surface area (Å²) >= 11 is 0. The lowest BCUT2D eigenvalue weighted by Gasteiger charge is -2.34. The molecule has 1 fully saturated rings. The molecule has 2 heterocycles. The van der Waals surface area contributed by atoms with E-state index in [2.05, 4.69) is 10.6 Å². The van der Waals surface area contributed by atoms with Gasteiger partial charge in [0.05, 0.1) is 12.0 Å². The lowest BCUT2D eigenvalue weighted by Crippen LogP contribution is -2.55. The zero-order valence-electron chi connectivity index (χ0n) is 18.6. The van der Waals surface area contributed by atoms with Crippen molar-refractivity contribution in [2.75, 3.05) is 28.7 Å². The second kappa shape index (κ2) is 9.41. The van der Waals surface area contributed by atoms with Crippen LogP contribution in [0.1, 0.15) is 25.0 Å². The van der Waals surface area contributed by atoms with Crippen LogP contribution in [0.2, 0.25) is 0 Å². The number of carbonyl (C=O) groups excluding carboxylic acids is 3. The molecule has 0 unspecified atom stereocenters. The van der Waals surface area contributed by atoms with Gasteiger partial charge < -0.3 is 31.1 Å². The number of halogens is 1. The highest BCUT2D eigenvalue weighted by atomic mass is 35.5. The molecule has 2 aliphatic rings. The fourth-order valence-corrected chi connectivity index (χ4v) is 3.90. The summed E-state index contributed by atoms with van der Waals surface area (Å²) in [5.41, 5.74) is 7.57. The van der Waals surface area contributed by atoms with Gasteiger partial charge in [-0.05, 0) is 61.9 Å². The second-order valence-electron chi connectivity index (χ2n) is 8.52. The number of fused-ring (bicyclic) bond motifs is 1. The number of amides is 3. The number of hydrogen-bond acceptors (Lipinski definition) is 6. The largest absolute Gasteiger partial charge is 0.384 e. The number of ether oxygens (including phenoxy) is 1. The predicted molar refractivity (Wildman–Crippen MR) is 130 cm³/mol. The number of aliphatic hydroxyl groups is 1. The van der Waals surface area contributed by atoms with Crippen molar-refractivity contribution in [3.8, 4) is 0 Å². The molecular weight excluding hydrogens is 462 g/mol. The molecule has 2 aromatic rings. The first-order valence-corrected chi connectivity index (χ1v) is 10.4. The van der Waals surface area contributed by atoms with E-state index in [1.54, 1.807) is 56.3 Å². The fraction of sp³-hybridized carbons (Fsp3) is 0.304. The predicted octanol–water partition coefficient (Wildman–Crippen LogP) is 1.35. The third kappa shape index (κ3) is 4.47. The summed E-state index contributed by atoms with van der Waals surface area (Å²) in [7, 11) is 0. The number of benzene rings is 2. The van der Waals surface area contributed by atoms with Crippen LogP contribution >= 0.6 is 12.4 Å². The quantitative estimate of drug-likeness (QED) is 0.316. The van der Waals surface area contributed by atoms with Gasteiger partial charge in [0.2, 0.25) is 5.91 Å². The van der Waals surface area contributed by atoms with Crippen LogP contribution in [0.4, 0.5) is 17.1 Å². The molecule has 4 rings (SSSR count). The maximum Gasteiger partial charge on any atom is 0.259 e. The number of anilines is 3. The van der Waals surface area contributed by atoms with Gasteiger partial charge in [-0.3, -0.25) is 19.8 Å². The number of nitrogens with one attached hydrogen (secondary N) is 3. The van der Waals surface area contributed by atoms with Crippen LogP contribution in [-0.2, 0) is 24.5 Å². The minimum Gasteiger partial charge on any atom is -0.384 e. The zero-order chi connectivity index (χ0) is 23.9. The molecular formula is C23H26ClN5O5. The molecule has 11 heteroatoms. The molecule has 0 saturated carbocycles. The molecule has 0 radical (unpaired) electrons. The molecule has 34 heavy (non-hydrogen) atoms. The van der Waals surface area contributed by atoms with Crippen LogP contribution in [0, 0.1) is 5.41 Å². The Bertz CT molecular complexity index is 1150. The van der Waals surface area contributed by atoms with Crippen molar-refractivity contribution in [2.24, 2.45) is 5.73 Å². The van der Waals surface area contributed by atoms with Gasteiger partial charge >= 0.3 is 0 Å². The second-order valence-corrected chi connectivity index (χ2v) is 8.52. The van der Waals surface area contributed by atoms with Gasteiger partial charge in [0.1, 0.15) is 5.84 Å². The molecule has 0 bridgehead atoms. The van der Waals surface area contributed by atoms with Crippen LogP contribution in [0.25, 0.3) is 0 Å². The average molecular weight is 488 g/mol. The standard InChI is InChI=1S/C23H25N5O5.ClH/c1-23(2)15-11-14(7-8-16(15)27-22(23)32)28-9-10-33-18(21(28)31)17(29)20(30)26-13-5-3-12(4-6-13)19(24)25;/h3-8,11,17-18,29H,9-10H2,1-2H3,(H3,24,25)(H,26,30)(H,27,32);1H/t17-,18-;/m1./s1. The molecule has 2 aromatic carbocycles. The fourth-order valence-electron chi connectivity index (χ4n) is 3.90. The first-order valence-electron chi connectivity index (χ1n) is 10.4. The summed E-state index contributed by atoms with van der Waals surface area (Å²) in [6, 6.07) is 11.4. The topological polar surface area (TPSA) is 158 Å². The summed E-state index contributed by atoms with van der Waals surface area (Å²) in [6.45, 7) is 3.99. The zero-order valence-corrected chi connectivity index (χ0v) is 19.4. The number of morpholine rings is 1. The van der Waals surface area contributed by atoms with E-state index in [-0.39, 0.29) is 37.3 Å². The third-order valence-corrected chi connectivity index (χ3v) is 5.94. The first kappa shape index (κ1) is 25.2. The van der Waals surface area contributed by atoms with Gasteiger partial charge in [0.15, 0.2) is 12.2 Å². The van der Waals surface area contributed by atoms with Crippen LogP contribution < -0.4 is 21.3 Å². The van der Waals surface area contributed by atoms with Crippen molar-refractivity contribution in [3.05, 3.63) is 53.6 Å². The number of nitrogens with two attached hydrogens (primary N) is 1. The van der Waals surface area contributed by atoms with Gasteiger partial charge in [-0.15, -0.1) is 12.4 Å². The Hall–Kier alpha value is -3.47. The summed E-state index contributed by atoms with van der Waals surface area (Å²) in [5.74, 6) is -1.57. The molecule has 0 spiro atoms. The monoisotopic (exact) mass is 487 g/mol. The molecule has 10 nitrogen and oxygen atoms in total. The van der Waals surface area contributed by atoms with Gasteiger partial charge in [-0.1, -0.05) is 0 Å². The van der Waals surface area contributed by atoms with Crippen molar-refractivity contribution < 1.29 is 24.2 Å². The highest BCUT2D eigenvalue weighted by molar-refractivity contribution is 6.07. The van der Waals surface area contributed by atoms with E-state index in [0.717, 1.165) is 5.56 Å². The van der Waals surface area contributed by atoms with Crippen molar-refractivity contribution >= 4 is 53.0 Å². The van der Waals surface area contributed by atoms with Crippen LogP contribution in [-0.4, -0.2) is 54.0 Å². The van der Waals surface area contributed by atoms with Crippen LogP contribution in [0.15, 0.2) is 42.5 Å². The summed E-state index contributed by atoms with van der Waals surface area (Å²) in [5, 5.41) is 23.3. The van der Waals surface area contributed by atoms with Crippen molar-refractivity contribution in [2.45, 2.75) is 31.5 Å². The van der Waals surface area contributed by atoms with Gasteiger partial charge in [0.25, 0.3) is 11.8 Å². The maximum absolute atomic E-state index is 13.1. The molecule has 0 aliphatic carbocycles. The first-order chi connectivity index (χ1) is 15.6. The SMILES string of the molecule is CC1(C)C(=O)Nc2ccc(N3CCO[C@H]([C@@H](O)C(=O)Nc4ccc(C(=N)N)cc4)C3=O)cc21.Cl. The van der Waals surface area contributed by atoms with Crippen molar-refractivity contribution in [3.63, 3.8) is 0 Å². The number of rotatable bonds is 5. The third-order valence-electron chi connectivity index (χ3n) is 5.94. The minimum absolute atomic E-state index is 0. The van der Waals surface area contributed by atoms with Crippen LogP contribution in [0.5, 0.6) is 0 Å². The van der Waals surface area contributed by atoms with E-state index in [0.29, 0.717) is 22.6 Å². The Morgan fingerprint density at radius 3 is 2.59 bits per heavy atom. The Morgan fingerprint density at radius 1 is 1.26 bits per heavy atom. The Balaban J connectivity index is 0.00000324. The summed E-state index contributed by atoms with van der Waals surface area (Å²) < 4.78 is 5.45. The van der Waals surface area contributed by atoms with E-state index >= 15 is 0 Å². The van der Waals surface area contributed by atoms with Gasteiger partial charge in [-0.2, -0.15) is 0 Å². The number of carbonyl (C=O) groups is 3. The van der Waals surface area contributed by atoms with E-state index in [9.17, 15) is 19.5 Å². The van der Waals surface area contributed by atoms with Gasteiger partial charge in [-0.25, -0.2) is 0 Å². The molecule has 2 aliphatic heterocycles. The lowest BCUT2D eigenvalue weighted by atomic mass is 9.86. The number of amidine groups is 1. The van der Waals surface area contributed by atoms with E-state index in [4.69, 9.17) is 15.9 Å².